The second-order valence-corrected chi connectivity index (χ2v) is 4.77. The predicted octanol–water partition coefficient (Wildman–Crippen LogP) is 1.33. The quantitative estimate of drug-likeness (QED) is 0.867. The lowest BCUT2D eigenvalue weighted by molar-refractivity contribution is -0.145. The zero-order valence-electron chi connectivity index (χ0n) is 11.1. The minimum atomic E-state index is -4.35. The Morgan fingerprint density at radius 3 is 3.05 bits per heavy atom. The van der Waals surface area contributed by atoms with Gasteiger partial charge in [-0.2, -0.15) is 13.2 Å². The zero-order valence-corrected chi connectivity index (χ0v) is 11.1. The molecule has 1 aliphatic rings. The van der Waals surface area contributed by atoms with Gasteiger partial charge in [0.1, 0.15) is 12.3 Å². The van der Waals surface area contributed by atoms with Crippen molar-refractivity contribution in [1.82, 2.24) is 14.7 Å². The fourth-order valence-electron chi connectivity index (χ4n) is 2.18. The average Bonchev–Trinajstić information content (AvgIpc) is 3.05. The molecule has 0 saturated carbocycles. The van der Waals surface area contributed by atoms with Crippen LogP contribution in [0.3, 0.4) is 0 Å². The van der Waals surface area contributed by atoms with Gasteiger partial charge in [0.2, 0.25) is 0 Å². The molecule has 21 heavy (non-hydrogen) atoms. The van der Waals surface area contributed by atoms with E-state index in [-0.39, 0.29) is 11.9 Å². The smallest absolute Gasteiger partial charge is 0.407 e. The van der Waals surface area contributed by atoms with Crippen LogP contribution < -0.4 is 5.32 Å². The van der Waals surface area contributed by atoms with Crippen molar-refractivity contribution in [3.8, 4) is 0 Å². The molecule has 3 heterocycles. The van der Waals surface area contributed by atoms with Crippen molar-refractivity contribution < 1.29 is 22.6 Å². The van der Waals surface area contributed by atoms with E-state index >= 15 is 0 Å². The van der Waals surface area contributed by atoms with E-state index in [0.29, 0.717) is 32.0 Å². The lowest BCUT2D eigenvalue weighted by Gasteiger charge is -2.05. The number of nitrogens with one attached hydrogen (secondary N) is 1. The first kappa shape index (κ1) is 14.3. The van der Waals surface area contributed by atoms with Gasteiger partial charge in [0.15, 0.2) is 6.61 Å². The van der Waals surface area contributed by atoms with Gasteiger partial charge in [-0.1, -0.05) is 0 Å². The number of ether oxygens (including phenoxy) is 2. The number of hydrogen-bond acceptors (Lipinski definition) is 3. The Morgan fingerprint density at radius 1 is 1.48 bits per heavy atom. The number of fused-ring (bicyclic) bond motifs is 1. The summed E-state index contributed by atoms with van der Waals surface area (Å²) in [7, 11) is 0. The summed E-state index contributed by atoms with van der Waals surface area (Å²) in [4.78, 5) is 4.18. The van der Waals surface area contributed by atoms with Crippen LogP contribution in [0.15, 0.2) is 24.5 Å². The minimum absolute atomic E-state index is 0.140. The highest BCUT2D eigenvalue weighted by Gasteiger charge is 2.30. The van der Waals surface area contributed by atoms with E-state index in [9.17, 15) is 13.2 Å². The monoisotopic (exact) mass is 302 g/mol. The Hall–Kier alpha value is -1.64. The molecule has 114 valence electrons. The topological polar surface area (TPSA) is 51.4 Å². The van der Waals surface area contributed by atoms with Crippen LogP contribution in [0.25, 0.3) is 5.65 Å². The predicted molar refractivity (Wildman–Crippen MR) is 68.7 cm³/mol. The number of rotatable bonds is 4. The highest BCUT2D eigenvalue weighted by Crippen LogP contribution is 2.29. The molecule has 1 saturated heterocycles. The first-order chi connectivity index (χ1) is 10.0. The van der Waals surface area contributed by atoms with E-state index in [1.54, 1.807) is 10.6 Å². The number of imidazole rings is 1. The second kappa shape index (κ2) is 5.63. The Morgan fingerprint density at radius 2 is 2.33 bits per heavy atom. The van der Waals surface area contributed by atoms with Crippen LogP contribution >= 0.6 is 0 Å². The third-order valence-corrected chi connectivity index (χ3v) is 3.20. The first-order valence-electron chi connectivity index (χ1n) is 6.56. The summed E-state index contributed by atoms with van der Waals surface area (Å²) < 4.78 is 49.0. The third kappa shape index (κ3) is 3.34. The van der Waals surface area contributed by atoms with Crippen molar-refractivity contribution in [2.75, 3.05) is 19.8 Å². The number of nitrogens with zero attached hydrogens (tertiary/aromatic N) is 2. The van der Waals surface area contributed by atoms with Gasteiger partial charge in [-0.15, -0.1) is 0 Å². The summed E-state index contributed by atoms with van der Waals surface area (Å²) in [6.45, 7) is 2.38. The van der Waals surface area contributed by atoms with Crippen molar-refractivity contribution >= 4 is 5.65 Å². The number of hydrogen-bond donors (Lipinski definition) is 1. The molecule has 0 radical (unpaired) electrons. The zero-order chi connectivity index (χ0) is 14.9. The molecule has 0 amide bonds. The summed E-state index contributed by atoms with van der Waals surface area (Å²) in [6, 6.07) is 2.08. The molecule has 0 aromatic carbocycles. The molecule has 0 spiro atoms. The van der Waals surface area contributed by atoms with Crippen LogP contribution in [0.5, 0.6) is 0 Å². The Bertz CT molecular complexity index is 621. The number of aliphatic hydroxyl groups is 2. The van der Waals surface area contributed by atoms with Crippen molar-refractivity contribution in [3.63, 3.8) is 0 Å². The normalized spacial score (nSPS) is 19.5. The Kier molecular flexibility index (Phi) is 3.83. The van der Waals surface area contributed by atoms with Crippen molar-refractivity contribution in [2.45, 2.75) is 19.0 Å². The van der Waals surface area contributed by atoms with E-state index in [2.05, 4.69) is 15.0 Å². The molecule has 0 bridgehead atoms. The van der Waals surface area contributed by atoms with Crippen LogP contribution in [-0.4, -0.2) is 40.2 Å². The van der Waals surface area contributed by atoms with Gasteiger partial charge < -0.3 is 19.2 Å². The van der Waals surface area contributed by atoms with E-state index in [0.717, 1.165) is 12.1 Å². The van der Waals surface area contributed by atoms with Gasteiger partial charge in [0.25, 0.3) is 6.29 Å². The van der Waals surface area contributed by atoms with Crippen LogP contribution in [0.4, 0.5) is 13.2 Å². The van der Waals surface area contributed by atoms with E-state index in [1.165, 1.54) is 6.20 Å². The summed E-state index contributed by atoms with van der Waals surface area (Å²) in [6.07, 6.45) is -1.43. The summed E-state index contributed by atoms with van der Waals surface area (Å²) >= 11 is 0. The second-order valence-electron chi connectivity index (χ2n) is 4.77. The molecular formula is C13H15F3N3O2+. The fraction of sp³-hybridized carbons (Fsp3) is 0.462. The van der Waals surface area contributed by atoms with E-state index < -0.39 is 11.7 Å². The van der Waals surface area contributed by atoms with Crippen LogP contribution in [0.1, 0.15) is 11.3 Å². The molecule has 2 aromatic rings. The molecule has 1 aliphatic heterocycles. The largest absolute Gasteiger partial charge is 0.416 e. The van der Waals surface area contributed by atoms with E-state index in [4.69, 9.17) is 4.74 Å². The lowest BCUT2D eigenvalue weighted by atomic mass is 10.2. The molecule has 5 nitrogen and oxygen atoms in total. The number of halogens is 3. The average molecular weight is 302 g/mol. The van der Waals surface area contributed by atoms with Crippen LogP contribution in [0, 0.1) is 0 Å². The summed E-state index contributed by atoms with van der Waals surface area (Å²) in [5.74, 6) is 0. The standard InChI is InChI=1S/C13H14F3N3O2/c14-13(15,16)9-1-2-19-8-10(18-11(19)5-9)6-17-7-12-20-3-4-21-12/h1-2,5,8,12,17H,3-4,6-7H2/p+1. The van der Waals surface area contributed by atoms with E-state index in [1.807, 2.05) is 0 Å². The first-order valence-corrected chi connectivity index (χ1v) is 6.56. The van der Waals surface area contributed by atoms with Crippen molar-refractivity contribution in [3.05, 3.63) is 35.8 Å². The highest BCUT2D eigenvalue weighted by atomic mass is 19.4. The van der Waals surface area contributed by atoms with Gasteiger partial charge in [-0.3, -0.25) is 0 Å². The van der Waals surface area contributed by atoms with Crippen LogP contribution in [0.2, 0.25) is 0 Å². The van der Waals surface area contributed by atoms with Gasteiger partial charge >= 0.3 is 6.18 Å². The SMILES string of the molecule is FC(F)(F)c1ccn2cc(CNC[C@H]3OCC[OH+]3)nc2c1. The Labute approximate surface area is 118 Å². The fourth-order valence-corrected chi connectivity index (χ4v) is 2.18. The van der Waals surface area contributed by atoms with Gasteiger partial charge in [0, 0.05) is 18.9 Å². The maximum Gasteiger partial charge on any atom is 0.416 e. The maximum atomic E-state index is 12.6. The van der Waals surface area contributed by atoms with Crippen LogP contribution in [-0.2, 0) is 17.5 Å². The van der Waals surface area contributed by atoms with Gasteiger partial charge in [-0.05, 0) is 12.1 Å². The van der Waals surface area contributed by atoms with Gasteiger partial charge in [-0.25, -0.2) is 4.98 Å². The molecule has 8 heteroatoms. The number of alkyl halides is 3. The minimum Gasteiger partial charge on any atom is -0.407 e. The molecule has 0 unspecified atom stereocenters. The molecule has 0 aliphatic carbocycles. The van der Waals surface area contributed by atoms with Crippen molar-refractivity contribution in [1.29, 1.82) is 0 Å². The molecule has 1 atom stereocenters. The van der Waals surface area contributed by atoms with Crippen molar-refractivity contribution in [2.24, 2.45) is 0 Å². The molecule has 1 fully saturated rings. The maximum absolute atomic E-state index is 12.6. The summed E-state index contributed by atoms with van der Waals surface area (Å²) in [5.41, 5.74) is 0.258. The molecule has 2 N–H and O–H groups in total. The highest BCUT2D eigenvalue weighted by molar-refractivity contribution is 5.43. The third-order valence-electron chi connectivity index (χ3n) is 3.20. The number of aromatic nitrogens is 2. The number of pyridine rings is 1. The molecular weight excluding hydrogens is 287 g/mol. The molecule has 2 aromatic heterocycles. The Balaban J connectivity index is 1.66. The summed E-state index contributed by atoms with van der Waals surface area (Å²) in [5, 5.41) is 3.13. The van der Waals surface area contributed by atoms with Gasteiger partial charge in [0.05, 0.1) is 17.8 Å². The molecule has 3 rings (SSSR count). The lowest BCUT2D eigenvalue weighted by Crippen LogP contribution is -2.28.